The Morgan fingerprint density at radius 1 is 0.708 bits per heavy atom. The van der Waals surface area contributed by atoms with Gasteiger partial charge >= 0.3 is 11.9 Å². The molecule has 6 nitrogen and oxygen atoms in total. The molecule has 122 valence electrons. The van der Waals surface area contributed by atoms with E-state index >= 15 is 0 Å². The van der Waals surface area contributed by atoms with Crippen LogP contribution < -0.4 is 0 Å². The van der Waals surface area contributed by atoms with Gasteiger partial charge in [-0.15, -0.1) is 0 Å². The zero-order chi connectivity index (χ0) is 17.4. The molecule has 24 heavy (non-hydrogen) atoms. The highest BCUT2D eigenvalue weighted by Crippen LogP contribution is 2.23. The summed E-state index contributed by atoms with van der Waals surface area (Å²) in [6.45, 7) is 4.00. The molecule has 3 aromatic rings. The van der Waals surface area contributed by atoms with Crippen LogP contribution in [-0.2, 0) is 9.47 Å². The third-order valence-corrected chi connectivity index (χ3v) is 4.00. The van der Waals surface area contributed by atoms with Crippen LogP contribution in [0.15, 0.2) is 24.3 Å². The minimum Gasteiger partial charge on any atom is -0.465 e. The van der Waals surface area contributed by atoms with Gasteiger partial charge in [-0.05, 0) is 49.2 Å². The molecule has 0 N–H and O–H groups in total. The lowest BCUT2D eigenvalue weighted by atomic mass is 10.0. The fourth-order valence-electron chi connectivity index (χ4n) is 2.54. The molecule has 0 atom stereocenters. The largest absolute Gasteiger partial charge is 0.465 e. The Morgan fingerprint density at radius 2 is 1.04 bits per heavy atom. The van der Waals surface area contributed by atoms with Gasteiger partial charge in [-0.2, -0.15) is 0 Å². The van der Waals surface area contributed by atoms with Crippen molar-refractivity contribution in [3.63, 3.8) is 0 Å². The van der Waals surface area contributed by atoms with Crippen LogP contribution in [0.1, 0.15) is 31.8 Å². The van der Waals surface area contributed by atoms with Crippen LogP contribution in [0.25, 0.3) is 22.1 Å². The Balaban J connectivity index is 2.35. The minimum atomic E-state index is -0.626. The fraction of sp³-hybridized carbons (Fsp3) is 0.222. The molecule has 0 aliphatic rings. The number of ether oxygens (including phenoxy) is 2. The number of fused-ring (bicyclic) bond motifs is 2. The van der Waals surface area contributed by atoms with Crippen LogP contribution in [0.3, 0.4) is 0 Å². The van der Waals surface area contributed by atoms with Crippen molar-refractivity contribution in [2.24, 2.45) is 0 Å². The van der Waals surface area contributed by atoms with Gasteiger partial charge in [-0.1, -0.05) is 0 Å². The average Bonchev–Trinajstić information content (AvgIpc) is 2.58. The molecule has 0 amide bonds. The van der Waals surface area contributed by atoms with Crippen molar-refractivity contribution in [2.75, 3.05) is 14.2 Å². The van der Waals surface area contributed by atoms with Crippen LogP contribution >= 0.6 is 0 Å². The Hall–Kier alpha value is -3.02. The van der Waals surface area contributed by atoms with Gasteiger partial charge in [0, 0.05) is 0 Å². The number of rotatable bonds is 2. The third-order valence-electron chi connectivity index (χ3n) is 4.00. The lowest BCUT2D eigenvalue weighted by Crippen LogP contribution is -2.12. The molecular formula is C18H16N2O4. The lowest BCUT2D eigenvalue weighted by Gasteiger charge is -2.09. The summed E-state index contributed by atoms with van der Waals surface area (Å²) in [7, 11) is 2.51. The van der Waals surface area contributed by atoms with Crippen LogP contribution in [-0.4, -0.2) is 36.1 Å². The standard InChI is InChI=1S/C18H16N2O4/c1-9-5-13-14(6-10(9)2)20-16-8-12(18(22)24-4)11(17(21)23-3)7-15(16)19-13/h5-8H,1-4H3. The Kier molecular flexibility index (Phi) is 3.89. The molecule has 3 rings (SSSR count). The second kappa shape index (κ2) is 5.88. The Morgan fingerprint density at radius 3 is 1.38 bits per heavy atom. The minimum absolute atomic E-state index is 0.106. The summed E-state index contributed by atoms with van der Waals surface area (Å²) in [5.74, 6) is -1.25. The molecule has 0 radical (unpaired) electrons. The Labute approximate surface area is 138 Å². The number of esters is 2. The highest BCUT2D eigenvalue weighted by molar-refractivity contribution is 6.07. The summed E-state index contributed by atoms with van der Waals surface area (Å²) in [5.41, 5.74) is 4.91. The second-order valence-electron chi connectivity index (χ2n) is 5.52. The molecule has 1 aromatic heterocycles. The van der Waals surface area contributed by atoms with Gasteiger partial charge in [0.15, 0.2) is 0 Å². The van der Waals surface area contributed by atoms with E-state index in [1.165, 1.54) is 26.4 Å². The van der Waals surface area contributed by atoms with Crippen molar-refractivity contribution in [1.29, 1.82) is 0 Å². The van der Waals surface area contributed by atoms with Gasteiger partial charge in [-0.3, -0.25) is 0 Å². The molecule has 0 saturated heterocycles. The monoisotopic (exact) mass is 324 g/mol. The molecular weight excluding hydrogens is 308 g/mol. The predicted octanol–water partition coefficient (Wildman–Crippen LogP) is 2.97. The summed E-state index contributed by atoms with van der Waals surface area (Å²) in [6.07, 6.45) is 0. The summed E-state index contributed by atoms with van der Waals surface area (Å²) in [5, 5.41) is 0. The number of aryl methyl sites for hydroxylation is 2. The number of nitrogens with zero attached hydrogens (tertiary/aromatic N) is 2. The van der Waals surface area contributed by atoms with Crippen molar-refractivity contribution in [3.05, 3.63) is 46.5 Å². The number of hydrogen-bond donors (Lipinski definition) is 0. The fourth-order valence-corrected chi connectivity index (χ4v) is 2.54. The molecule has 2 aromatic carbocycles. The molecule has 0 fully saturated rings. The molecule has 0 saturated carbocycles. The van der Waals surface area contributed by atoms with E-state index in [0.717, 1.165) is 22.2 Å². The highest BCUT2D eigenvalue weighted by Gasteiger charge is 2.20. The van der Waals surface area contributed by atoms with E-state index in [2.05, 4.69) is 9.97 Å². The maximum atomic E-state index is 12.0. The summed E-state index contributed by atoms with van der Waals surface area (Å²) in [6, 6.07) is 6.91. The lowest BCUT2D eigenvalue weighted by molar-refractivity contribution is 0.0555. The van der Waals surface area contributed by atoms with Gasteiger partial charge in [-0.25, -0.2) is 19.6 Å². The van der Waals surface area contributed by atoms with Crippen LogP contribution in [0.5, 0.6) is 0 Å². The molecule has 6 heteroatoms. The first kappa shape index (κ1) is 15.9. The van der Waals surface area contributed by atoms with Gasteiger partial charge < -0.3 is 9.47 Å². The molecule has 0 aliphatic carbocycles. The maximum absolute atomic E-state index is 12.0. The van der Waals surface area contributed by atoms with Crippen molar-refractivity contribution >= 4 is 34.0 Å². The van der Waals surface area contributed by atoms with Gasteiger partial charge in [0.25, 0.3) is 0 Å². The van der Waals surface area contributed by atoms with Crippen LogP contribution in [0, 0.1) is 13.8 Å². The van der Waals surface area contributed by atoms with Gasteiger partial charge in [0.2, 0.25) is 0 Å². The number of carbonyl (C=O) groups excluding carboxylic acids is 2. The zero-order valence-corrected chi connectivity index (χ0v) is 13.8. The number of hydrogen-bond acceptors (Lipinski definition) is 6. The number of aromatic nitrogens is 2. The van der Waals surface area contributed by atoms with Gasteiger partial charge in [0.05, 0.1) is 47.4 Å². The normalized spacial score (nSPS) is 10.8. The molecule has 1 heterocycles. The van der Waals surface area contributed by atoms with E-state index in [4.69, 9.17) is 9.47 Å². The van der Waals surface area contributed by atoms with Crippen LogP contribution in [0.2, 0.25) is 0 Å². The quantitative estimate of drug-likeness (QED) is 0.533. The topological polar surface area (TPSA) is 78.4 Å². The van der Waals surface area contributed by atoms with Crippen LogP contribution in [0.4, 0.5) is 0 Å². The van der Waals surface area contributed by atoms with E-state index in [1.807, 2.05) is 26.0 Å². The predicted molar refractivity (Wildman–Crippen MR) is 89.2 cm³/mol. The smallest absolute Gasteiger partial charge is 0.338 e. The first-order valence-corrected chi connectivity index (χ1v) is 7.34. The third kappa shape index (κ3) is 2.56. The number of carbonyl (C=O) groups is 2. The molecule has 0 bridgehead atoms. The van der Waals surface area contributed by atoms with E-state index in [1.54, 1.807) is 0 Å². The van der Waals surface area contributed by atoms with Crippen molar-refractivity contribution < 1.29 is 19.1 Å². The first-order valence-electron chi connectivity index (χ1n) is 7.34. The molecule has 0 unspecified atom stereocenters. The summed E-state index contributed by atoms with van der Waals surface area (Å²) < 4.78 is 9.50. The first-order chi connectivity index (χ1) is 11.4. The summed E-state index contributed by atoms with van der Waals surface area (Å²) in [4.78, 5) is 33.1. The van der Waals surface area contributed by atoms with Crippen molar-refractivity contribution in [2.45, 2.75) is 13.8 Å². The number of methoxy groups -OCH3 is 2. The molecule has 0 spiro atoms. The maximum Gasteiger partial charge on any atom is 0.338 e. The SMILES string of the molecule is COC(=O)c1cc2nc3cc(C)c(C)cc3nc2cc1C(=O)OC. The van der Waals surface area contributed by atoms with E-state index in [0.29, 0.717) is 11.0 Å². The van der Waals surface area contributed by atoms with E-state index in [9.17, 15) is 9.59 Å². The second-order valence-corrected chi connectivity index (χ2v) is 5.52. The van der Waals surface area contributed by atoms with E-state index < -0.39 is 11.9 Å². The van der Waals surface area contributed by atoms with Crippen molar-refractivity contribution in [3.8, 4) is 0 Å². The Bertz CT molecular complexity index is 915. The van der Waals surface area contributed by atoms with E-state index in [-0.39, 0.29) is 11.1 Å². The average molecular weight is 324 g/mol. The summed E-state index contributed by atoms with van der Waals surface area (Å²) >= 11 is 0. The zero-order valence-electron chi connectivity index (χ0n) is 13.8. The number of benzene rings is 2. The highest BCUT2D eigenvalue weighted by atomic mass is 16.5. The molecule has 0 aliphatic heterocycles. The van der Waals surface area contributed by atoms with Gasteiger partial charge in [0.1, 0.15) is 0 Å². The van der Waals surface area contributed by atoms with Crippen molar-refractivity contribution in [1.82, 2.24) is 9.97 Å².